The normalized spacial score (nSPS) is 18.4. The molecule has 1 saturated carbocycles. The van der Waals surface area contributed by atoms with Crippen LogP contribution in [-0.2, 0) is 0 Å². The molecule has 0 aromatic heterocycles. The van der Waals surface area contributed by atoms with Crippen LogP contribution in [0.3, 0.4) is 0 Å². The van der Waals surface area contributed by atoms with Gasteiger partial charge in [-0.05, 0) is 45.7 Å². The average molecular weight is 226 g/mol. The van der Waals surface area contributed by atoms with E-state index in [1.807, 2.05) is 0 Å². The standard InChI is InChI=1S/C14H30N2/c1-5-7-13(8-6-2)15-11-14(16(3)4)12-9-10-12/h12-15H,5-11H2,1-4H3. The lowest BCUT2D eigenvalue weighted by Crippen LogP contribution is -2.43. The Bertz CT molecular complexity index is 168. The van der Waals surface area contributed by atoms with E-state index in [9.17, 15) is 0 Å². The molecule has 0 amide bonds. The maximum Gasteiger partial charge on any atom is 0.0242 e. The van der Waals surface area contributed by atoms with Crippen LogP contribution in [0, 0.1) is 5.92 Å². The third-order valence-corrected chi connectivity index (χ3v) is 3.72. The largest absolute Gasteiger partial charge is 0.312 e. The number of hydrogen-bond acceptors (Lipinski definition) is 2. The summed E-state index contributed by atoms with van der Waals surface area (Å²) >= 11 is 0. The molecule has 1 aliphatic rings. The van der Waals surface area contributed by atoms with Crippen molar-refractivity contribution in [1.29, 1.82) is 0 Å². The second-order valence-corrected chi connectivity index (χ2v) is 5.55. The van der Waals surface area contributed by atoms with Crippen LogP contribution in [0.4, 0.5) is 0 Å². The maximum atomic E-state index is 3.78. The van der Waals surface area contributed by atoms with Gasteiger partial charge in [-0.1, -0.05) is 26.7 Å². The quantitative estimate of drug-likeness (QED) is 0.650. The zero-order valence-corrected chi connectivity index (χ0v) is 11.6. The van der Waals surface area contributed by atoms with Crippen molar-refractivity contribution in [3.63, 3.8) is 0 Å². The van der Waals surface area contributed by atoms with Crippen molar-refractivity contribution in [3.05, 3.63) is 0 Å². The van der Waals surface area contributed by atoms with Gasteiger partial charge in [-0.2, -0.15) is 0 Å². The molecule has 1 rings (SSSR count). The number of likely N-dealkylation sites (N-methyl/N-ethyl adjacent to an activating group) is 1. The van der Waals surface area contributed by atoms with Crippen molar-refractivity contribution in [1.82, 2.24) is 10.2 Å². The van der Waals surface area contributed by atoms with Gasteiger partial charge in [-0.3, -0.25) is 0 Å². The van der Waals surface area contributed by atoms with Crippen molar-refractivity contribution < 1.29 is 0 Å². The zero-order valence-electron chi connectivity index (χ0n) is 11.6. The number of nitrogens with one attached hydrogen (secondary N) is 1. The van der Waals surface area contributed by atoms with Crippen LogP contribution in [-0.4, -0.2) is 37.6 Å². The summed E-state index contributed by atoms with van der Waals surface area (Å²) in [5.74, 6) is 0.964. The summed E-state index contributed by atoms with van der Waals surface area (Å²) < 4.78 is 0. The van der Waals surface area contributed by atoms with Gasteiger partial charge < -0.3 is 10.2 Å². The molecule has 1 aliphatic carbocycles. The first-order valence-corrected chi connectivity index (χ1v) is 7.08. The van der Waals surface area contributed by atoms with E-state index in [0.717, 1.165) is 18.0 Å². The molecule has 1 unspecified atom stereocenters. The topological polar surface area (TPSA) is 15.3 Å². The lowest BCUT2D eigenvalue weighted by Gasteiger charge is -2.27. The molecule has 0 saturated heterocycles. The summed E-state index contributed by atoms with van der Waals surface area (Å²) in [6.07, 6.45) is 8.15. The second-order valence-electron chi connectivity index (χ2n) is 5.55. The van der Waals surface area contributed by atoms with Gasteiger partial charge in [0, 0.05) is 18.6 Å². The summed E-state index contributed by atoms with van der Waals surface area (Å²) in [6, 6.07) is 1.51. The van der Waals surface area contributed by atoms with Crippen LogP contribution in [0.1, 0.15) is 52.4 Å². The Labute approximate surface area is 102 Å². The van der Waals surface area contributed by atoms with Gasteiger partial charge in [0.2, 0.25) is 0 Å². The van der Waals surface area contributed by atoms with E-state index in [2.05, 4.69) is 38.2 Å². The first-order valence-electron chi connectivity index (χ1n) is 7.08. The van der Waals surface area contributed by atoms with Crippen LogP contribution in [0.2, 0.25) is 0 Å². The molecule has 2 nitrogen and oxygen atoms in total. The summed E-state index contributed by atoms with van der Waals surface area (Å²) in [6.45, 7) is 5.76. The van der Waals surface area contributed by atoms with Gasteiger partial charge in [-0.15, -0.1) is 0 Å². The molecule has 2 heteroatoms. The predicted molar refractivity (Wildman–Crippen MR) is 71.8 cm³/mol. The fourth-order valence-electron chi connectivity index (χ4n) is 2.58. The van der Waals surface area contributed by atoms with Crippen LogP contribution in [0.5, 0.6) is 0 Å². The average Bonchev–Trinajstić information content (AvgIpc) is 3.02. The van der Waals surface area contributed by atoms with E-state index < -0.39 is 0 Å². The maximum absolute atomic E-state index is 3.78. The molecular formula is C14H30N2. The highest BCUT2D eigenvalue weighted by Gasteiger charge is 2.32. The van der Waals surface area contributed by atoms with Crippen LogP contribution in [0.15, 0.2) is 0 Å². The third kappa shape index (κ3) is 4.84. The Hall–Kier alpha value is -0.0800. The number of nitrogens with zero attached hydrogens (tertiary/aromatic N) is 1. The van der Waals surface area contributed by atoms with Crippen molar-refractivity contribution in [3.8, 4) is 0 Å². The third-order valence-electron chi connectivity index (χ3n) is 3.72. The molecule has 1 atom stereocenters. The number of rotatable bonds is 9. The summed E-state index contributed by atoms with van der Waals surface area (Å²) in [5, 5.41) is 3.78. The predicted octanol–water partition coefficient (Wildman–Crippen LogP) is 2.89. The molecule has 96 valence electrons. The molecular weight excluding hydrogens is 196 g/mol. The van der Waals surface area contributed by atoms with Crippen LogP contribution in [0.25, 0.3) is 0 Å². The SMILES string of the molecule is CCCC(CCC)NCC(C1CC1)N(C)C. The molecule has 0 aliphatic heterocycles. The van der Waals surface area contributed by atoms with Crippen LogP contribution >= 0.6 is 0 Å². The van der Waals surface area contributed by atoms with E-state index in [1.54, 1.807) is 0 Å². The lowest BCUT2D eigenvalue weighted by atomic mass is 10.1. The van der Waals surface area contributed by atoms with Gasteiger partial charge >= 0.3 is 0 Å². The first kappa shape index (κ1) is 14.0. The Morgan fingerprint density at radius 2 is 1.69 bits per heavy atom. The first-order chi connectivity index (χ1) is 7.69. The minimum atomic E-state index is 0.746. The van der Waals surface area contributed by atoms with Crippen LogP contribution < -0.4 is 5.32 Å². The molecule has 0 spiro atoms. The van der Waals surface area contributed by atoms with Crippen molar-refractivity contribution >= 4 is 0 Å². The molecule has 16 heavy (non-hydrogen) atoms. The lowest BCUT2D eigenvalue weighted by molar-refractivity contribution is 0.244. The molecule has 1 fully saturated rings. The summed E-state index contributed by atoms with van der Waals surface area (Å²) in [7, 11) is 4.44. The molecule has 0 heterocycles. The zero-order chi connectivity index (χ0) is 12.0. The molecule has 0 aromatic rings. The van der Waals surface area contributed by atoms with E-state index in [4.69, 9.17) is 0 Å². The molecule has 1 N–H and O–H groups in total. The van der Waals surface area contributed by atoms with Crippen molar-refractivity contribution in [2.45, 2.75) is 64.5 Å². The Morgan fingerprint density at radius 3 is 2.06 bits per heavy atom. The number of hydrogen-bond donors (Lipinski definition) is 1. The second kappa shape index (κ2) is 7.29. The fraction of sp³-hybridized carbons (Fsp3) is 1.00. The smallest absolute Gasteiger partial charge is 0.0242 e. The molecule has 0 radical (unpaired) electrons. The highest BCUT2D eigenvalue weighted by atomic mass is 15.1. The van der Waals surface area contributed by atoms with Gasteiger partial charge in [0.25, 0.3) is 0 Å². The Balaban J connectivity index is 2.27. The van der Waals surface area contributed by atoms with Gasteiger partial charge in [0.15, 0.2) is 0 Å². The highest BCUT2D eigenvalue weighted by Crippen LogP contribution is 2.34. The molecule has 0 bridgehead atoms. The Morgan fingerprint density at radius 1 is 1.12 bits per heavy atom. The summed E-state index contributed by atoms with van der Waals surface area (Å²) in [5.41, 5.74) is 0. The highest BCUT2D eigenvalue weighted by molar-refractivity contribution is 4.88. The fourth-order valence-corrected chi connectivity index (χ4v) is 2.58. The Kier molecular flexibility index (Phi) is 6.37. The van der Waals surface area contributed by atoms with E-state index >= 15 is 0 Å². The summed E-state index contributed by atoms with van der Waals surface area (Å²) in [4.78, 5) is 2.40. The van der Waals surface area contributed by atoms with E-state index in [1.165, 1.54) is 45.1 Å². The molecule has 0 aromatic carbocycles. The van der Waals surface area contributed by atoms with Gasteiger partial charge in [-0.25, -0.2) is 0 Å². The van der Waals surface area contributed by atoms with Gasteiger partial charge in [0.1, 0.15) is 0 Å². The minimum absolute atomic E-state index is 0.746. The minimum Gasteiger partial charge on any atom is -0.312 e. The van der Waals surface area contributed by atoms with Crippen molar-refractivity contribution in [2.75, 3.05) is 20.6 Å². The monoisotopic (exact) mass is 226 g/mol. The van der Waals surface area contributed by atoms with E-state index in [0.29, 0.717) is 0 Å². The van der Waals surface area contributed by atoms with Gasteiger partial charge in [0.05, 0.1) is 0 Å². The van der Waals surface area contributed by atoms with Crippen molar-refractivity contribution in [2.24, 2.45) is 5.92 Å². The van der Waals surface area contributed by atoms with E-state index in [-0.39, 0.29) is 0 Å².